The van der Waals surface area contributed by atoms with Gasteiger partial charge in [-0.2, -0.15) is 0 Å². The molecule has 0 radical (unpaired) electrons. The number of rotatable bonds is 10. The van der Waals surface area contributed by atoms with Crippen molar-refractivity contribution in [2.45, 2.75) is 32.6 Å². The number of carbonyl (C=O) groups is 3. The molecule has 1 heterocycles. The van der Waals surface area contributed by atoms with Crippen molar-refractivity contribution in [3.8, 4) is 0 Å². The molecule has 0 saturated carbocycles. The molecule has 0 fully saturated rings. The molecular weight excluding hydrogens is 466 g/mol. The molecule has 2 amide bonds. The third kappa shape index (κ3) is 8.74. The first-order chi connectivity index (χ1) is 18.0. The van der Waals surface area contributed by atoms with Gasteiger partial charge in [-0.15, -0.1) is 0 Å². The predicted molar refractivity (Wildman–Crippen MR) is 144 cm³/mol. The van der Waals surface area contributed by atoms with Gasteiger partial charge in [0.25, 0.3) is 0 Å². The van der Waals surface area contributed by atoms with E-state index in [0.717, 1.165) is 22.9 Å². The van der Waals surface area contributed by atoms with Gasteiger partial charge in [0.15, 0.2) is 5.78 Å². The summed E-state index contributed by atoms with van der Waals surface area (Å²) in [7, 11) is 0. The van der Waals surface area contributed by atoms with Crippen molar-refractivity contribution in [1.29, 1.82) is 0 Å². The highest BCUT2D eigenvalue weighted by molar-refractivity contribution is 6.09. The first kappa shape index (κ1) is 27.4. The van der Waals surface area contributed by atoms with E-state index >= 15 is 0 Å². The molecule has 0 saturated heterocycles. The number of Topliss-reactive ketones (excluding diaryl/α,β-unsaturated/α-hetero) is 1. The Morgan fingerprint density at radius 3 is 2.19 bits per heavy atom. The largest absolute Gasteiger partial charge is 0.360 e. The van der Waals surface area contributed by atoms with E-state index in [9.17, 15) is 14.4 Å². The number of aryl methyl sites for hydroxylation is 2. The van der Waals surface area contributed by atoms with Gasteiger partial charge in [-0.3, -0.25) is 19.6 Å². The Morgan fingerprint density at radius 2 is 1.54 bits per heavy atom. The minimum Gasteiger partial charge on any atom is -0.360 e. The molecule has 3 aromatic carbocycles. The number of ketones is 1. The molecule has 1 atom stereocenters. The molecule has 4 N–H and O–H groups in total. The van der Waals surface area contributed by atoms with Crippen LogP contribution in [0.25, 0.3) is 10.9 Å². The van der Waals surface area contributed by atoms with Crippen LogP contribution in [0, 0.1) is 12.8 Å². The van der Waals surface area contributed by atoms with Crippen LogP contribution in [0.4, 0.5) is 0 Å². The molecular formula is C30H33N3O4. The van der Waals surface area contributed by atoms with Gasteiger partial charge < -0.3 is 10.3 Å². The summed E-state index contributed by atoms with van der Waals surface area (Å²) in [6, 6.07) is 27.6. The zero-order valence-electron chi connectivity index (χ0n) is 20.9. The maximum absolute atomic E-state index is 12.6. The second-order valence-corrected chi connectivity index (χ2v) is 8.86. The van der Waals surface area contributed by atoms with E-state index in [1.807, 2.05) is 72.8 Å². The van der Waals surface area contributed by atoms with Gasteiger partial charge in [-0.25, -0.2) is 5.48 Å². The van der Waals surface area contributed by atoms with Crippen molar-refractivity contribution in [1.82, 2.24) is 15.8 Å². The third-order valence-corrected chi connectivity index (χ3v) is 6.04. The summed E-state index contributed by atoms with van der Waals surface area (Å²) in [5.41, 5.74) is 5.41. The molecule has 0 bridgehead atoms. The number of aromatic amines is 1. The minimum absolute atomic E-state index is 0.140. The Hall–Kier alpha value is -4.23. The molecule has 4 aromatic rings. The Bertz CT molecular complexity index is 1290. The number of amides is 2. The lowest BCUT2D eigenvalue weighted by Gasteiger charge is -2.15. The number of para-hydroxylation sites is 1. The Balaban J connectivity index is 0.000000468. The van der Waals surface area contributed by atoms with Gasteiger partial charge >= 0.3 is 0 Å². The fourth-order valence-electron chi connectivity index (χ4n) is 4.04. The maximum Gasteiger partial charge on any atom is 0.244 e. The van der Waals surface area contributed by atoms with Crippen molar-refractivity contribution in [2.75, 3.05) is 6.54 Å². The normalized spacial score (nSPS) is 11.2. The van der Waals surface area contributed by atoms with E-state index in [4.69, 9.17) is 5.21 Å². The summed E-state index contributed by atoms with van der Waals surface area (Å²) >= 11 is 0. The van der Waals surface area contributed by atoms with Crippen molar-refractivity contribution >= 4 is 28.5 Å². The van der Waals surface area contributed by atoms with E-state index in [0.29, 0.717) is 18.4 Å². The second-order valence-electron chi connectivity index (χ2n) is 8.86. The molecule has 1 aromatic heterocycles. The fourth-order valence-corrected chi connectivity index (χ4v) is 4.04. The number of nitrogens with one attached hydrogen (secondary N) is 3. The molecule has 0 aliphatic heterocycles. The Kier molecular flexibility index (Phi) is 10.6. The van der Waals surface area contributed by atoms with Gasteiger partial charge in [-0.1, -0.05) is 84.4 Å². The van der Waals surface area contributed by atoms with Crippen LogP contribution in [-0.2, 0) is 16.0 Å². The van der Waals surface area contributed by atoms with Gasteiger partial charge in [0.05, 0.1) is 6.54 Å². The van der Waals surface area contributed by atoms with Crippen LogP contribution in [0.1, 0.15) is 40.7 Å². The van der Waals surface area contributed by atoms with E-state index in [2.05, 4.69) is 29.4 Å². The lowest BCUT2D eigenvalue weighted by molar-refractivity contribution is -0.134. The Labute approximate surface area is 216 Å². The maximum atomic E-state index is 12.6. The monoisotopic (exact) mass is 499 g/mol. The van der Waals surface area contributed by atoms with Gasteiger partial charge in [0.2, 0.25) is 11.8 Å². The summed E-state index contributed by atoms with van der Waals surface area (Å²) in [5, 5.41) is 12.3. The standard InChI is InChI=1S/C23H25N3O4.C7H8/c27-21(19-14-24-20-12-5-4-11-18(19)20)15-25-23(29)17(13-22(28)26-30)10-6-9-16-7-2-1-3-8-16;1-7-5-3-2-4-6-7/h1-5,7-8,11-12,14,17,24,30H,6,9-10,13,15H2,(H,25,29)(H,26,28);2-6H,1H3/t17-;/m1./s1. The lowest BCUT2D eigenvalue weighted by Crippen LogP contribution is -2.37. The molecule has 7 nitrogen and oxygen atoms in total. The van der Waals surface area contributed by atoms with Crippen LogP contribution < -0.4 is 10.8 Å². The van der Waals surface area contributed by atoms with Crippen molar-refractivity contribution < 1.29 is 19.6 Å². The fraction of sp³-hybridized carbons (Fsp3) is 0.233. The van der Waals surface area contributed by atoms with Crippen LogP contribution in [0.2, 0.25) is 0 Å². The number of hydroxylamine groups is 1. The first-order valence-electron chi connectivity index (χ1n) is 12.3. The topological polar surface area (TPSA) is 111 Å². The smallest absolute Gasteiger partial charge is 0.244 e. The highest BCUT2D eigenvalue weighted by atomic mass is 16.5. The summed E-state index contributed by atoms with van der Waals surface area (Å²) in [5.74, 6) is -1.84. The third-order valence-electron chi connectivity index (χ3n) is 6.04. The zero-order chi connectivity index (χ0) is 26.5. The van der Waals surface area contributed by atoms with E-state index in [1.165, 1.54) is 5.56 Å². The molecule has 0 aliphatic carbocycles. The summed E-state index contributed by atoms with van der Waals surface area (Å²) < 4.78 is 0. The summed E-state index contributed by atoms with van der Waals surface area (Å²) in [6.45, 7) is 1.93. The van der Waals surface area contributed by atoms with Crippen molar-refractivity contribution in [2.24, 2.45) is 5.92 Å². The molecule has 7 heteroatoms. The number of carbonyl (C=O) groups excluding carboxylic acids is 3. The van der Waals surface area contributed by atoms with Crippen LogP contribution in [0.3, 0.4) is 0 Å². The summed E-state index contributed by atoms with van der Waals surface area (Å²) in [6.07, 6.45) is 3.44. The quantitative estimate of drug-likeness (QED) is 0.140. The second kappa shape index (κ2) is 14.4. The molecule has 0 spiro atoms. The highest BCUT2D eigenvalue weighted by Gasteiger charge is 2.22. The number of aromatic nitrogens is 1. The SMILES string of the molecule is Cc1ccccc1.O=C(C[C@@H](CCCc1ccccc1)C(=O)NCC(=O)c1c[nH]c2ccccc12)NO. The predicted octanol–water partition coefficient (Wildman–Crippen LogP) is 5.00. The van der Waals surface area contributed by atoms with E-state index in [-0.39, 0.29) is 24.7 Å². The van der Waals surface area contributed by atoms with Crippen LogP contribution in [-0.4, -0.2) is 34.3 Å². The zero-order valence-corrected chi connectivity index (χ0v) is 20.9. The summed E-state index contributed by atoms with van der Waals surface area (Å²) in [4.78, 5) is 39.9. The number of hydrogen-bond acceptors (Lipinski definition) is 4. The van der Waals surface area contributed by atoms with Gasteiger partial charge in [0, 0.05) is 35.0 Å². The average Bonchev–Trinajstić information content (AvgIpc) is 3.36. The first-order valence-corrected chi connectivity index (χ1v) is 12.3. The molecule has 0 aliphatic rings. The highest BCUT2D eigenvalue weighted by Crippen LogP contribution is 2.18. The minimum atomic E-state index is -0.628. The van der Waals surface area contributed by atoms with Gasteiger partial charge in [0.1, 0.15) is 0 Å². The van der Waals surface area contributed by atoms with Crippen LogP contribution in [0.15, 0.2) is 91.1 Å². The number of fused-ring (bicyclic) bond motifs is 1. The number of hydrogen-bond donors (Lipinski definition) is 4. The van der Waals surface area contributed by atoms with Crippen molar-refractivity contribution in [3.05, 3.63) is 108 Å². The van der Waals surface area contributed by atoms with E-state index < -0.39 is 11.8 Å². The number of benzene rings is 3. The molecule has 0 unspecified atom stereocenters. The van der Waals surface area contributed by atoms with Gasteiger partial charge in [-0.05, 0) is 37.8 Å². The lowest BCUT2D eigenvalue weighted by atomic mass is 9.95. The molecule has 192 valence electrons. The van der Waals surface area contributed by atoms with E-state index in [1.54, 1.807) is 11.7 Å². The molecule has 4 rings (SSSR count). The molecule has 37 heavy (non-hydrogen) atoms. The van der Waals surface area contributed by atoms with Crippen molar-refractivity contribution in [3.63, 3.8) is 0 Å². The van der Waals surface area contributed by atoms with Crippen LogP contribution >= 0.6 is 0 Å². The Morgan fingerprint density at radius 1 is 0.892 bits per heavy atom. The average molecular weight is 500 g/mol. The number of H-pyrrole nitrogens is 1. The van der Waals surface area contributed by atoms with Crippen LogP contribution in [0.5, 0.6) is 0 Å².